The average Bonchev–Trinajstić information content (AvgIpc) is 3.23. The minimum atomic E-state index is -0.0684. The number of aromatic nitrogens is 4. The van der Waals surface area contributed by atoms with Crippen LogP contribution >= 0.6 is 11.9 Å². The van der Waals surface area contributed by atoms with E-state index >= 15 is 0 Å². The van der Waals surface area contributed by atoms with Gasteiger partial charge in [0.15, 0.2) is 0 Å². The minimum absolute atomic E-state index is 0. The molecule has 0 saturated carbocycles. The number of ketones is 1. The highest BCUT2D eigenvalue weighted by atomic mass is 32.2. The van der Waals surface area contributed by atoms with Crippen LogP contribution in [0.25, 0.3) is 22.2 Å². The molecule has 0 atom stereocenters. The first-order chi connectivity index (χ1) is 13.1. The number of nitrogens with one attached hydrogen (secondary N) is 2. The van der Waals surface area contributed by atoms with Crippen molar-refractivity contribution < 1.29 is 15.7 Å². The zero-order valence-electron chi connectivity index (χ0n) is 16.3. The molecule has 0 spiro atoms. The fourth-order valence-corrected chi connectivity index (χ4v) is 3.55. The van der Waals surface area contributed by atoms with Gasteiger partial charge < -0.3 is 20.7 Å². The van der Waals surface area contributed by atoms with Gasteiger partial charge in [-0.25, -0.2) is 4.98 Å². The monoisotopic (exact) mass is 413 g/mol. The van der Waals surface area contributed by atoms with E-state index in [1.165, 1.54) is 0 Å². The van der Waals surface area contributed by atoms with Gasteiger partial charge in [-0.15, -0.1) is 0 Å². The third-order valence-corrected chi connectivity index (χ3v) is 4.87. The maximum atomic E-state index is 13.0. The Balaban J connectivity index is 0.00000150. The topological polar surface area (TPSA) is 139 Å². The lowest BCUT2D eigenvalue weighted by Gasteiger charge is -2.06. The number of H-pyrrole nitrogens is 1. The van der Waals surface area contributed by atoms with Crippen LogP contribution in [0.4, 0.5) is 5.69 Å². The highest BCUT2D eigenvalue weighted by Gasteiger charge is 2.19. The van der Waals surface area contributed by atoms with Crippen molar-refractivity contribution in [1.29, 1.82) is 0 Å². The van der Waals surface area contributed by atoms with Gasteiger partial charge in [-0.2, -0.15) is 5.10 Å². The van der Waals surface area contributed by atoms with Crippen LogP contribution in [0, 0.1) is 6.92 Å². The second-order valence-corrected chi connectivity index (χ2v) is 6.95. The molecule has 0 fully saturated rings. The first kappa shape index (κ1) is 22.2. The molecule has 4 rings (SSSR count). The van der Waals surface area contributed by atoms with Crippen molar-refractivity contribution in [3.8, 4) is 11.1 Å². The Labute approximate surface area is 172 Å². The fourth-order valence-electron chi connectivity index (χ4n) is 3.19. The highest BCUT2D eigenvalue weighted by molar-refractivity contribution is 7.99. The Morgan fingerprint density at radius 3 is 2.66 bits per heavy atom. The van der Waals surface area contributed by atoms with E-state index in [9.17, 15) is 4.79 Å². The lowest BCUT2D eigenvalue weighted by Crippen LogP contribution is -2.07. The third-order valence-electron chi connectivity index (χ3n) is 4.43. The number of fused-ring (bicyclic) bond motifs is 1. The summed E-state index contributed by atoms with van der Waals surface area (Å²) in [6, 6.07) is 11.9. The van der Waals surface area contributed by atoms with E-state index in [4.69, 9.17) is 0 Å². The summed E-state index contributed by atoms with van der Waals surface area (Å²) >= 11 is 1.55. The molecule has 0 amide bonds. The molecular formula is C20H23N5O3S. The van der Waals surface area contributed by atoms with Crippen LogP contribution in [0.5, 0.6) is 0 Å². The number of rotatable bonds is 5. The van der Waals surface area contributed by atoms with Crippen LogP contribution in [-0.4, -0.2) is 42.7 Å². The molecule has 0 radical (unpaired) electrons. The van der Waals surface area contributed by atoms with Gasteiger partial charge in [-0.1, -0.05) is 24.1 Å². The Morgan fingerprint density at radius 2 is 1.97 bits per heavy atom. The van der Waals surface area contributed by atoms with Crippen LogP contribution in [0.15, 0.2) is 48.8 Å². The molecule has 6 N–H and O–H groups in total. The molecule has 0 saturated heterocycles. The number of carbonyl (C=O) groups is 1. The fraction of sp³-hybridized carbons (Fsp3) is 0.150. The number of aryl methyl sites for hydroxylation is 2. The van der Waals surface area contributed by atoms with Crippen LogP contribution in [0.2, 0.25) is 0 Å². The van der Waals surface area contributed by atoms with Gasteiger partial charge in [0.25, 0.3) is 0 Å². The SMILES string of the molecule is CSNc1cccc(-c2cnc3[nH]cc(C(=O)c4cc(C)nn4C)c3c2)c1.O.O. The summed E-state index contributed by atoms with van der Waals surface area (Å²) in [4.78, 5) is 20.6. The lowest BCUT2D eigenvalue weighted by molar-refractivity contribution is 0.103. The minimum Gasteiger partial charge on any atom is -0.412 e. The Hall–Kier alpha value is -3.14. The predicted molar refractivity (Wildman–Crippen MR) is 117 cm³/mol. The van der Waals surface area contributed by atoms with E-state index < -0.39 is 0 Å². The molecule has 9 heteroatoms. The molecule has 29 heavy (non-hydrogen) atoms. The molecular weight excluding hydrogens is 390 g/mol. The van der Waals surface area contributed by atoms with E-state index in [1.807, 2.05) is 43.6 Å². The van der Waals surface area contributed by atoms with Crippen LogP contribution in [-0.2, 0) is 7.05 Å². The largest absolute Gasteiger partial charge is 0.412 e. The zero-order valence-corrected chi connectivity index (χ0v) is 17.1. The number of hydrogen-bond donors (Lipinski definition) is 2. The molecule has 0 aliphatic rings. The summed E-state index contributed by atoms with van der Waals surface area (Å²) in [6.45, 7) is 1.88. The molecule has 4 aromatic rings. The Kier molecular flexibility index (Phi) is 6.80. The standard InChI is InChI=1S/C20H19N5OS.2H2O/c1-12-7-18(25(2)23-12)19(26)17-11-22-20-16(17)9-14(10-21-20)13-5-4-6-15(8-13)24-27-3;;/h4-11,24H,1-3H3,(H,21,22);2*1H2. The third kappa shape index (κ3) is 4.16. The van der Waals surface area contributed by atoms with E-state index in [-0.39, 0.29) is 16.7 Å². The quantitative estimate of drug-likeness (QED) is 0.382. The van der Waals surface area contributed by atoms with Crippen LogP contribution < -0.4 is 4.72 Å². The van der Waals surface area contributed by atoms with Crippen LogP contribution in [0.1, 0.15) is 21.7 Å². The molecule has 152 valence electrons. The van der Waals surface area contributed by atoms with Gasteiger partial charge >= 0.3 is 0 Å². The molecule has 3 aromatic heterocycles. The first-order valence-electron chi connectivity index (χ1n) is 8.48. The van der Waals surface area contributed by atoms with E-state index in [0.717, 1.165) is 27.9 Å². The molecule has 0 aliphatic carbocycles. The second kappa shape index (κ2) is 8.91. The Bertz CT molecular complexity index is 1150. The van der Waals surface area contributed by atoms with Crippen molar-refractivity contribution in [1.82, 2.24) is 19.7 Å². The second-order valence-electron chi connectivity index (χ2n) is 6.33. The molecule has 8 nitrogen and oxygen atoms in total. The summed E-state index contributed by atoms with van der Waals surface area (Å²) in [5, 5.41) is 5.08. The number of anilines is 1. The maximum Gasteiger partial charge on any atom is 0.213 e. The summed E-state index contributed by atoms with van der Waals surface area (Å²) in [5.41, 5.74) is 5.69. The molecule has 0 aliphatic heterocycles. The summed E-state index contributed by atoms with van der Waals surface area (Å²) in [6.07, 6.45) is 5.52. The number of pyridine rings is 1. The first-order valence-corrected chi connectivity index (χ1v) is 9.71. The number of nitrogens with zero attached hydrogens (tertiary/aromatic N) is 3. The van der Waals surface area contributed by atoms with Crippen molar-refractivity contribution in [2.45, 2.75) is 6.92 Å². The van der Waals surface area contributed by atoms with Crippen molar-refractivity contribution in [3.63, 3.8) is 0 Å². The summed E-state index contributed by atoms with van der Waals surface area (Å²) in [5.74, 6) is -0.0684. The van der Waals surface area contributed by atoms with Gasteiger partial charge in [-0.3, -0.25) is 9.48 Å². The van der Waals surface area contributed by atoms with Crippen molar-refractivity contribution in [2.75, 3.05) is 11.0 Å². The van der Waals surface area contributed by atoms with Gasteiger partial charge in [-0.05, 0) is 36.8 Å². The Morgan fingerprint density at radius 1 is 1.17 bits per heavy atom. The average molecular weight is 414 g/mol. The van der Waals surface area contributed by atoms with Gasteiger partial charge in [0.1, 0.15) is 11.3 Å². The molecule has 0 unspecified atom stereocenters. The predicted octanol–water partition coefficient (Wildman–Crippen LogP) is 2.54. The molecule has 0 bridgehead atoms. The summed E-state index contributed by atoms with van der Waals surface area (Å²) < 4.78 is 4.85. The van der Waals surface area contributed by atoms with Gasteiger partial charge in [0.05, 0.1) is 11.3 Å². The molecule has 1 aromatic carbocycles. The number of carbonyl (C=O) groups excluding carboxylic acids is 1. The smallest absolute Gasteiger partial charge is 0.213 e. The number of hydrogen-bond acceptors (Lipinski definition) is 5. The van der Waals surface area contributed by atoms with Crippen molar-refractivity contribution >= 4 is 34.5 Å². The normalized spacial score (nSPS) is 10.3. The van der Waals surface area contributed by atoms with E-state index in [2.05, 4.69) is 25.9 Å². The van der Waals surface area contributed by atoms with E-state index in [0.29, 0.717) is 16.9 Å². The lowest BCUT2D eigenvalue weighted by atomic mass is 10.0. The number of aromatic amines is 1. The van der Waals surface area contributed by atoms with Crippen molar-refractivity contribution in [3.05, 3.63) is 65.7 Å². The van der Waals surface area contributed by atoms with Gasteiger partial charge in [0.2, 0.25) is 5.78 Å². The molecule has 3 heterocycles. The van der Waals surface area contributed by atoms with E-state index in [1.54, 1.807) is 35.9 Å². The summed E-state index contributed by atoms with van der Waals surface area (Å²) in [7, 11) is 1.78. The maximum absolute atomic E-state index is 13.0. The zero-order chi connectivity index (χ0) is 19.0. The van der Waals surface area contributed by atoms with Crippen molar-refractivity contribution in [2.24, 2.45) is 7.05 Å². The van der Waals surface area contributed by atoms with Crippen LogP contribution in [0.3, 0.4) is 0 Å². The highest BCUT2D eigenvalue weighted by Crippen LogP contribution is 2.28. The van der Waals surface area contributed by atoms with Gasteiger partial charge in [0, 0.05) is 42.3 Å². The number of benzene rings is 1.